The second-order valence-corrected chi connectivity index (χ2v) is 7.66. The van der Waals surface area contributed by atoms with Crippen molar-refractivity contribution in [2.75, 3.05) is 19.5 Å². The first-order valence-electron chi connectivity index (χ1n) is 6.92. The van der Waals surface area contributed by atoms with E-state index in [2.05, 4.69) is 4.74 Å². The van der Waals surface area contributed by atoms with Gasteiger partial charge in [-0.25, -0.2) is 8.42 Å². The fourth-order valence-corrected chi connectivity index (χ4v) is 3.64. The molecule has 1 aromatic rings. The van der Waals surface area contributed by atoms with Gasteiger partial charge in [-0.1, -0.05) is 12.1 Å². The molecule has 1 heterocycles. The third-order valence-corrected chi connectivity index (χ3v) is 5.13. The van der Waals surface area contributed by atoms with E-state index in [4.69, 9.17) is 9.47 Å². The van der Waals surface area contributed by atoms with E-state index in [1.165, 1.54) is 19.2 Å². The molecule has 0 aliphatic carbocycles. The zero-order valence-corrected chi connectivity index (χ0v) is 13.7. The van der Waals surface area contributed by atoms with Gasteiger partial charge in [0.1, 0.15) is 0 Å². The van der Waals surface area contributed by atoms with Crippen molar-refractivity contribution >= 4 is 15.8 Å². The van der Waals surface area contributed by atoms with Crippen LogP contribution < -0.4 is 0 Å². The molecule has 2 rings (SSSR count). The number of esters is 1. The molecule has 0 radical (unpaired) electrons. The van der Waals surface area contributed by atoms with Crippen LogP contribution >= 0.6 is 0 Å². The molecule has 0 bridgehead atoms. The van der Waals surface area contributed by atoms with Crippen molar-refractivity contribution in [3.8, 4) is 0 Å². The first-order chi connectivity index (χ1) is 10.2. The quantitative estimate of drug-likeness (QED) is 0.759. The molecule has 1 fully saturated rings. The van der Waals surface area contributed by atoms with Crippen LogP contribution in [-0.4, -0.2) is 45.7 Å². The Morgan fingerprint density at radius 2 is 1.95 bits per heavy atom. The molecular weight excluding hydrogens is 308 g/mol. The lowest BCUT2D eigenvalue weighted by atomic mass is 10.2. The Labute approximate surface area is 130 Å². The van der Waals surface area contributed by atoms with Crippen molar-refractivity contribution in [2.45, 2.75) is 37.1 Å². The maximum absolute atomic E-state index is 12.4. The predicted molar refractivity (Wildman–Crippen MR) is 79.1 cm³/mol. The second kappa shape index (κ2) is 6.36. The highest BCUT2D eigenvalue weighted by Crippen LogP contribution is 2.25. The van der Waals surface area contributed by atoms with Crippen molar-refractivity contribution < 1.29 is 27.4 Å². The van der Waals surface area contributed by atoms with E-state index >= 15 is 0 Å². The topological polar surface area (TPSA) is 78.9 Å². The molecule has 1 unspecified atom stereocenters. The van der Waals surface area contributed by atoms with Crippen LogP contribution in [-0.2, 0) is 35.3 Å². The van der Waals surface area contributed by atoms with Gasteiger partial charge in [-0.05, 0) is 31.5 Å². The summed E-state index contributed by atoms with van der Waals surface area (Å²) in [6, 6.07) is 6.21. The molecule has 0 spiro atoms. The van der Waals surface area contributed by atoms with Crippen molar-refractivity contribution in [3.05, 3.63) is 29.8 Å². The number of ether oxygens (including phenoxy) is 3. The summed E-state index contributed by atoms with van der Waals surface area (Å²) in [5.74, 6) is -1.24. The number of hydrogen-bond donors (Lipinski definition) is 0. The number of rotatable bonds is 5. The van der Waals surface area contributed by atoms with Gasteiger partial charge in [-0.2, -0.15) is 0 Å². The standard InChI is InChI=1S/C15H20O6S/c1-15(2)20-9-12(21-15)10-22(17,18)13-6-4-11(5-7-13)8-14(16)19-3/h4-7,12H,8-10H2,1-3H3. The van der Waals surface area contributed by atoms with Gasteiger partial charge >= 0.3 is 5.97 Å². The zero-order chi connectivity index (χ0) is 16.4. The zero-order valence-electron chi connectivity index (χ0n) is 12.9. The van der Waals surface area contributed by atoms with Crippen LogP contribution in [0.1, 0.15) is 19.4 Å². The summed E-state index contributed by atoms with van der Waals surface area (Å²) in [5.41, 5.74) is 0.701. The van der Waals surface area contributed by atoms with Crippen LogP contribution in [0.5, 0.6) is 0 Å². The summed E-state index contributed by atoms with van der Waals surface area (Å²) >= 11 is 0. The van der Waals surface area contributed by atoms with Gasteiger partial charge in [0.25, 0.3) is 0 Å². The van der Waals surface area contributed by atoms with E-state index in [1.54, 1.807) is 26.0 Å². The number of hydrogen-bond acceptors (Lipinski definition) is 6. The maximum Gasteiger partial charge on any atom is 0.309 e. The Kier molecular flexibility index (Phi) is 4.89. The molecular formula is C15H20O6S. The number of methoxy groups -OCH3 is 1. The van der Waals surface area contributed by atoms with Crippen molar-refractivity contribution in [2.24, 2.45) is 0 Å². The Hall–Kier alpha value is -1.44. The van der Waals surface area contributed by atoms with Crippen LogP contribution in [0.2, 0.25) is 0 Å². The molecule has 122 valence electrons. The van der Waals surface area contributed by atoms with Crippen LogP contribution in [0.15, 0.2) is 29.2 Å². The smallest absolute Gasteiger partial charge is 0.309 e. The van der Waals surface area contributed by atoms with Crippen LogP contribution in [0, 0.1) is 0 Å². The van der Waals surface area contributed by atoms with Gasteiger partial charge in [-0.3, -0.25) is 4.79 Å². The third-order valence-electron chi connectivity index (χ3n) is 3.33. The lowest BCUT2D eigenvalue weighted by Gasteiger charge is -2.17. The van der Waals surface area contributed by atoms with Gasteiger partial charge < -0.3 is 14.2 Å². The predicted octanol–water partition coefficient (Wildman–Crippen LogP) is 1.33. The lowest BCUT2D eigenvalue weighted by Crippen LogP contribution is -2.26. The highest BCUT2D eigenvalue weighted by atomic mass is 32.2. The molecule has 1 aromatic carbocycles. The summed E-state index contributed by atoms with van der Waals surface area (Å²) in [5, 5.41) is 0. The molecule has 0 saturated carbocycles. The molecule has 0 aromatic heterocycles. The summed E-state index contributed by atoms with van der Waals surface area (Å²) in [6.45, 7) is 3.76. The third kappa shape index (κ3) is 4.28. The van der Waals surface area contributed by atoms with Crippen LogP contribution in [0.25, 0.3) is 0 Å². The van der Waals surface area contributed by atoms with Gasteiger partial charge in [0.15, 0.2) is 15.6 Å². The number of sulfone groups is 1. The van der Waals surface area contributed by atoms with Gasteiger partial charge in [0.2, 0.25) is 0 Å². The SMILES string of the molecule is COC(=O)Cc1ccc(S(=O)(=O)CC2COC(C)(C)O2)cc1. The number of carbonyl (C=O) groups excluding carboxylic acids is 1. The van der Waals surface area contributed by atoms with Crippen molar-refractivity contribution in [3.63, 3.8) is 0 Å². The second-order valence-electron chi connectivity index (χ2n) is 5.63. The molecule has 1 atom stereocenters. The van der Waals surface area contributed by atoms with E-state index in [-0.39, 0.29) is 29.6 Å². The summed E-state index contributed by atoms with van der Waals surface area (Å²) < 4.78 is 40.2. The summed E-state index contributed by atoms with van der Waals surface area (Å²) in [4.78, 5) is 11.4. The first-order valence-corrected chi connectivity index (χ1v) is 8.57. The Balaban J connectivity index is 2.05. The highest BCUT2D eigenvalue weighted by Gasteiger charge is 2.35. The van der Waals surface area contributed by atoms with E-state index in [9.17, 15) is 13.2 Å². The molecule has 1 aliphatic heterocycles. The largest absolute Gasteiger partial charge is 0.469 e. The Bertz CT molecular complexity index is 633. The molecule has 6 nitrogen and oxygen atoms in total. The average Bonchev–Trinajstić information content (AvgIpc) is 2.77. The van der Waals surface area contributed by atoms with Gasteiger partial charge in [0, 0.05) is 0 Å². The fourth-order valence-electron chi connectivity index (χ4n) is 2.24. The Morgan fingerprint density at radius 3 is 2.45 bits per heavy atom. The van der Waals surface area contributed by atoms with Crippen molar-refractivity contribution in [1.82, 2.24) is 0 Å². The fraction of sp³-hybridized carbons (Fsp3) is 0.533. The molecule has 22 heavy (non-hydrogen) atoms. The van der Waals surface area contributed by atoms with Crippen molar-refractivity contribution in [1.29, 1.82) is 0 Å². The summed E-state index contributed by atoms with van der Waals surface area (Å²) in [6.07, 6.45) is -0.361. The summed E-state index contributed by atoms with van der Waals surface area (Å²) in [7, 11) is -2.15. The molecule has 0 amide bonds. The minimum atomic E-state index is -3.47. The molecule has 7 heteroatoms. The van der Waals surface area contributed by atoms with E-state index < -0.39 is 21.7 Å². The molecule has 1 saturated heterocycles. The minimum Gasteiger partial charge on any atom is -0.469 e. The first kappa shape index (κ1) is 16.9. The van der Waals surface area contributed by atoms with Gasteiger partial charge in [0.05, 0.1) is 36.9 Å². The van der Waals surface area contributed by atoms with E-state index in [0.717, 1.165) is 0 Å². The highest BCUT2D eigenvalue weighted by molar-refractivity contribution is 7.91. The van der Waals surface area contributed by atoms with Crippen LogP contribution in [0.4, 0.5) is 0 Å². The number of carbonyl (C=O) groups is 1. The normalized spacial score (nSPS) is 20.8. The average molecular weight is 328 g/mol. The number of benzene rings is 1. The lowest BCUT2D eigenvalue weighted by molar-refractivity contribution is -0.139. The van der Waals surface area contributed by atoms with E-state index in [0.29, 0.717) is 5.56 Å². The monoisotopic (exact) mass is 328 g/mol. The van der Waals surface area contributed by atoms with Gasteiger partial charge in [-0.15, -0.1) is 0 Å². The Morgan fingerprint density at radius 1 is 1.32 bits per heavy atom. The van der Waals surface area contributed by atoms with E-state index in [1.807, 2.05) is 0 Å². The molecule has 0 N–H and O–H groups in total. The minimum absolute atomic E-state index is 0.116. The van der Waals surface area contributed by atoms with Crippen LogP contribution in [0.3, 0.4) is 0 Å². The maximum atomic E-state index is 12.4. The molecule has 1 aliphatic rings.